The number of imide groups is 1. The number of hydrogen-bond donors (Lipinski definition) is 1. The van der Waals surface area contributed by atoms with Gasteiger partial charge in [0.05, 0.1) is 11.6 Å². The normalized spacial score (nSPS) is 21.9. The Labute approximate surface area is 186 Å². The van der Waals surface area contributed by atoms with Crippen LogP contribution in [-0.4, -0.2) is 65.7 Å². The number of anilines is 1. The average molecular weight is 463 g/mol. The summed E-state index contributed by atoms with van der Waals surface area (Å²) in [7, 11) is 0. The highest BCUT2D eigenvalue weighted by Crippen LogP contribution is 2.43. The molecule has 1 atom stereocenters. The Morgan fingerprint density at radius 2 is 1.58 bits per heavy atom. The van der Waals surface area contributed by atoms with Gasteiger partial charge in [0.2, 0.25) is 5.54 Å². The number of urea groups is 1. The van der Waals surface area contributed by atoms with Crippen molar-refractivity contribution in [3.63, 3.8) is 0 Å². The summed E-state index contributed by atoms with van der Waals surface area (Å²) in [5.74, 6) is -1.36. The first-order chi connectivity index (χ1) is 15.6. The Kier molecular flexibility index (Phi) is 5.70. The number of nitro groups is 1. The summed E-state index contributed by atoms with van der Waals surface area (Å²) in [6.07, 6.45) is -5.02. The Morgan fingerprint density at radius 1 is 0.970 bits per heavy atom. The minimum Gasteiger partial charge on any atom is -0.369 e. The molecule has 0 aliphatic carbocycles. The van der Waals surface area contributed by atoms with E-state index in [0.29, 0.717) is 31.1 Å². The molecule has 2 aromatic rings. The van der Waals surface area contributed by atoms with E-state index in [1.54, 1.807) is 17.0 Å². The van der Waals surface area contributed by atoms with Crippen LogP contribution in [0.1, 0.15) is 5.56 Å². The third-order valence-corrected chi connectivity index (χ3v) is 5.88. The zero-order valence-electron chi connectivity index (χ0n) is 17.3. The highest BCUT2D eigenvalue weighted by Gasteiger charge is 2.68. The van der Waals surface area contributed by atoms with Crippen molar-refractivity contribution < 1.29 is 27.7 Å². The summed E-state index contributed by atoms with van der Waals surface area (Å²) in [5.41, 5.74) is -2.72. The summed E-state index contributed by atoms with van der Waals surface area (Å²) in [5, 5.41) is 12.7. The van der Waals surface area contributed by atoms with Crippen molar-refractivity contribution in [2.45, 2.75) is 11.7 Å². The standard InChI is InChI=1S/C21H20F3N5O4/c22-21(23,24)20(15-4-2-1-3-5-15)18(30)28(19(31)25-20)14-26-10-12-27(13-11-26)16-6-8-17(9-7-16)29(32)33/h1-9H,10-14H2,(H,25,31). The molecular formula is C21H20F3N5O4. The van der Waals surface area contributed by atoms with Gasteiger partial charge in [-0.3, -0.25) is 19.8 Å². The van der Waals surface area contributed by atoms with Crippen LogP contribution in [0.4, 0.5) is 29.3 Å². The van der Waals surface area contributed by atoms with Gasteiger partial charge in [0, 0.05) is 44.0 Å². The second-order valence-corrected chi connectivity index (χ2v) is 7.80. The fourth-order valence-corrected chi connectivity index (χ4v) is 4.08. The van der Waals surface area contributed by atoms with E-state index >= 15 is 0 Å². The number of nitrogens with zero attached hydrogens (tertiary/aromatic N) is 4. The average Bonchev–Trinajstić information content (AvgIpc) is 3.06. The fraction of sp³-hybridized carbons (Fsp3) is 0.333. The molecule has 0 bridgehead atoms. The van der Waals surface area contributed by atoms with Gasteiger partial charge in [0.1, 0.15) is 0 Å². The predicted molar refractivity (Wildman–Crippen MR) is 111 cm³/mol. The Hall–Kier alpha value is -3.67. The molecule has 2 aliphatic rings. The number of amides is 3. The molecule has 0 saturated carbocycles. The first kappa shape index (κ1) is 22.5. The molecule has 174 valence electrons. The molecule has 2 aromatic carbocycles. The van der Waals surface area contributed by atoms with Crippen molar-refractivity contribution in [2.75, 3.05) is 37.7 Å². The fourth-order valence-electron chi connectivity index (χ4n) is 4.08. The van der Waals surface area contributed by atoms with E-state index in [0.717, 1.165) is 17.8 Å². The molecule has 2 heterocycles. The molecule has 4 rings (SSSR count). The summed E-state index contributed by atoms with van der Waals surface area (Å²) in [6.45, 7) is 1.45. The van der Waals surface area contributed by atoms with Gasteiger partial charge in [-0.05, 0) is 17.7 Å². The molecule has 0 radical (unpaired) electrons. The van der Waals surface area contributed by atoms with Crippen molar-refractivity contribution in [1.29, 1.82) is 0 Å². The minimum absolute atomic E-state index is 0.0255. The van der Waals surface area contributed by atoms with Gasteiger partial charge < -0.3 is 10.2 Å². The van der Waals surface area contributed by atoms with Crippen molar-refractivity contribution in [3.8, 4) is 0 Å². The number of rotatable bonds is 5. The van der Waals surface area contributed by atoms with Crippen LogP contribution < -0.4 is 10.2 Å². The van der Waals surface area contributed by atoms with E-state index in [9.17, 15) is 32.9 Å². The number of carbonyl (C=O) groups excluding carboxylic acids is 2. The highest BCUT2D eigenvalue weighted by atomic mass is 19.4. The van der Waals surface area contributed by atoms with Crippen LogP contribution in [0.2, 0.25) is 0 Å². The number of non-ortho nitro benzene ring substituents is 1. The van der Waals surface area contributed by atoms with Gasteiger partial charge in [-0.25, -0.2) is 9.69 Å². The van der Waals surface area contributed by atoms with E-state index in [2.05, 4.69) is 0 Å². The van der Waals surface area contributed by atoms with Crippen LogP contribution in [-0.2, 0) is 10.3 Å². The molecule has 9 nitrogen and oxygen atoms in total. The lowest BCUT2D eigenvalue weighted by Gasteiger charge is -2.37. The van der Waals surface area contributed by atoms with Crippen LogP contribution in [0.3, 0.4) is 0 Å². The number of halogens is 3. The van der Waals surface area contributed by atoms with Crippen molar-refractivity contribution in [2.24, 2.45) is 0 Å². The maximum absolute atomic E-state index is 14.1. The van der Waals surface area contributed by atoms with Crippen molar-refractivity contribution in [1.82, 2.24) is 15.1 Å². The maximum Gasteiger partial charge on any atom is 0.425 e. The number of hydrogen-bond acceptors (Lipinski definition) is 6. The Bertz CT molecular complexity index is 1060. The number of piperazine rings is 1. The van der Waals surface area contributed by atoms with Crippen LogP contribution in [0.25, 0.3) is 0 Å². The van der Waals surface area contributed by atoms with Crippen molar-refractivity contribution in [3.05, 3.63) is 70.3 Å². The first-order valence-corrected chi connectivity index (χ1v) is 10.1. The number of nitrogens with one attached hydrogen (secondary N) is 1. The third-order valence-electron chi connectivity index (χ3n) is 5.88. The molecule has 3 amide bonds. The monoisotopic (exact) mass is 463 g/mol. The van der Waals surface area contributed by atoms with Gasteiger partial charge in [0.25, 0.3) is 11.6 Å². The lowest BCUT2D eigenvalue weighted by atomic mass is 9.89. The van der Waals surface area contributed by atoms with Crippen LogP contribution in [0.15, 0.2) is 54.6 Å². The van der Waals surface area contributed by atoms with Gasteiger partial charge in [-0.15, -0.1) is 0 Å². The Morgan fingerprint density at radius 3 is 2.12 bits per heavy atom. The zero-order chi connectivity index (χ0) is 23.8. The first-order valence-electron chi connectivity index (χ1n) is 10.1. The number of alkyl halides is 3. The van der Waals surface area contributed by atoms with Crippen LogP contribution in [0.5, 0.6) is 0 Å². The molecule has 1 unspecified atom stereocenters. The van der Waals surface area contributed by atoms with E-state index < -0.39 is 28.6 Å². The second-order valence-electron chi connectivity index (χ2n) is 7.80. The largest absolute Gasteiger partial charge is 0.425 e. The molecule has 12 heteroatoms. The third kappa shape index (κ3) is 3.97. The summed E-state index contributed by atoms with van der Waals surface area (Å²) in [6, 6.07) is 11.6. The van der Waals surface area contributed by atoms with E-state index in [1.165, 1.54) is 30.3 Å². The molecule has 0 aromatic heterocycles. The minimum atomic E-state index is -5.02. The molecule has 2 aliphatic heterocycles. The molecule has 2 fully saturated rings. The second kappa shape index (κ2) is 8.35. The van der Waals surface area contributed by atoms with E-state index in [4.69, 9.17) is 0 Å². The molecule has 0 spiro atoms. The number of nitro benzene ring substituents is 1. The molecule has 2 saturated heterocycles. The summed E-state index contributed by atoms with van der Waals surface area (Å²) < 4.78 is 42.2. The Balaban J connectivity index is 1.45. The van der Waals surface area contributed by atoms with Crippen molar-refractivity contribution >= 4 is 23.3 Å². The van der Waals surface area contributed by atoms with Crippen LogP contribution in [0, 0.1) is 10.1 Å². The zero-order valence-corrected chi connectivity index (χ0v) is 17.3. The smallest absolute Gasteiger partial charge is 0.369 e. The summed E-state index contributed by atoms with van der Waals surface area (Å²) in [4.78, 5) is 40.0. The SMILES string of the molecule is O=C1NC(c2ccccc2)(C(F)(F)F)C(=O)N1CN1CCN(c2ccc([N+](=O)[O-])cc2)CC1. The van der Waals surface area contributed by atoms with E-state index in [1.807, 2.05) is 10.2 Å². The molecule has 1 N–H and O–H groups in total. The van der Waals surface area contributed by atoms with Gasteiger partial charge >= 0.3 is 12.2 Å². The number of benzene rings is 2. The lowest BCUT2D eigenvalue weighted by Crippen LogP contribution is -2.56. The topological polar surface area (TPSA) is 99.0 Å². The van der Waals surface area contributed by atoms with Gasteiger partial charge in [-0.1, -0.05) is 30.3 Å². The molecule has 33 heavy (non-hydrogen) atoms. The lowest BCUT2D eigenvalue weighted by molar-refractivity contribution is -0.384. The number of carbonyl (C=O) groups is 2. The predicted octanol–water partition coefficient (Wildman–Crippen LogP) is 2.68. The molecular weight excluding hydrogens is 443 g/mol. The van der Waals surface area contributed by atoms with Gasteiger partial charge in [0.15, 0.2) is 0 Å². The highest BCUT2D eigenvalue weighted by molar-refractivity contribution is 6.08. The van der Waals surface area contributed by atoms with Gasteiger partial charge in [-0.2, -0.15) is 13.2 Å². The maximum atomic E-state index is 14.1. The quantitative estimate of drug-likeness (QED) is 0.416. The summed E-state index contributed by atoms with van der Waals surface area (Å²) >= 11 is 0. The van der Waals surface area contributed by atoms with Crippen LogP contribution >= 0.6 is 0 Å². The van der Waals surface area contributed by atoms with E-state index in [-0.39, 0.29) is 17.9 Å².